The van der Waals surface area contributed by atoms with Crippen molar-refractivity contribution in [3.63, 3.8) is 0 Å². The van der Waals surface area contributed by atoms with E-state index in [1.165, 1.54) is 0 Å². The molecule has 0 amide bonds. The molecule has 0 radical (unpaired) electrons. The Morgan fingerprint density at radius 3 is 2.29 bits per heavy atom. The van der Waals surface area contributed by atoms with E-state index in [0.29, 0.717) is 26.7 Å². The molecule has 104 valence electrons. The molecule has 2 aromatic carbocycles. The third-order valence-corrected chi connectivity index (χ3v) is 3.97. The van der Waals surface area contributed by atoms with E-state index >= 15 is 0 Å². The van der Waals surface area contributed by atoms with Gasteiger partial charge in [-0.1, -0.05) is 77.3 Å². The molecular weight excluding hydrogens is 327 g/mol. The summed E-state index contributed by atoms with van der Waals surface area (Å²) in [6.07, 6.45) is 0. The summed E-state index contributed by atoms with van der Waals surface area (Å²) in [5.41, 5.74) is 2.26. The van der Waals surface area contributed by atoms with Crippen LogP contribution in [0.1, 0.15) is 0 Å². The molecule has 1 aromatic heterocycles. The highest BCUT2D eigenvalue weighted by molar-refractivity contribution is 6.43. The summed E-state index contributed by atoms with van der Waals surface area (Å²) in [5, 5.41) is 1.29. The summed E-state index contributed by atoms with van der Waals surface area (Å²) in [4.78, 5) is 8.80. The molecule has 0 unspecified atom stereocenters. The molecule has 0 aliphatic carbocycles. The van der Waals surface area contributed by atoms with Crippen molar-refractivity contribution in [3.05, 3.63) is 69.8 Å². The van der Waals surface area contributed by atoms with Gasteiger partial charge in [0, 0.05) is 17.2 Å². The summed E-state index contributed by atoms with van der Waals surface area (Å²) in [5.74, 6) is 0.550. The Bertz CT molecular complexity index is 789. The molecule has 3 rings (SSSR count). The third kappa shape index (κ3) is 3.03. The molecule has 2 nitrogen and oxygen atoms in total. The number of aromatic nitrogens is 2. The van der Waals surface area contributed by atoms with Gasteiger partial charge in [-0.15, -0.1) is 0 Å². The van der Waals surface area contributed by atoms with Crippen LogP contribution in [0.4, 0.5) is 0 Å². The molecule has 0 aliphatic rings. The molecule has 0 fully saturated rings. The van der Waals surface area contributed by atoms with Gasteiger partial charge in [-0.25, -0.2) is 9.97 Å². The van der Waals surface area contributed by atoms with E-state index < -0.39 is 0 Å². The van der Waals surface area contributed by atoms with Crippen molar-refractivity contribution in [3.8, 4) is 22.6 Å². The molecule has 0 aliphatic heterocycles. The SMILES string of the molecule is Clc1cc(-c2cccc(Cl)c2Cl)nc(-c2ccccc2)n1. The monoisotopic (exact) mass is 334 g/mol. The molecule has 21 heavy (non-hydrogen) atoms. The minimum Gasteiger partial charge on any atom is -0.228 e. The molecule has 0 N–H and O–H groups in total. The number of benzene rings is 2. The summed E-state index contributed by atoms with van der Waals surface area (Å²) in [6, 6.07) is 16.7. The van der Waals surface area contributed by atoms with Crippen molar-refractivity contribution >= 4 is 34.8 Å². The van der Waals surface area contributed by atoms with E-state index in [4.69, 9.17) is 34.8 Å². The molecule has 0 bridgehead atoms. The fourth-order valence-corrected chi connectivity index (χ4v) is 2.55. The number of nitrogens with zero attached hydrogens (tertiary/aromatic N) is 2. The Morgan fingerprint density at radius 2 is 1.52 bits per heavy atom. The van der Waals surface area contributed by atoms with E-state index in [0.717, 1.165) is 11.1 Å². The van der Waals surface area contributed by atoms with Crippen molar-refractivity contribution < 1.29 is 0 Å². The highest BCUT2D eigenvalue weighted by atomic mass is 35.5. The smallest absolute Gasteiger partial charge is 0.161 e. The second-order valence-electron chi connectivity index (χ2n) is 4.37. The minimum absolute atomic E-state index is 0.356. The zero-order valence-corrected chi connectivity index (χ0v) is 13.0. The number of hydrogen-bond donors (Lipinski definition) is 0. The maximum atomic E-state index is 6.24. The minimum atomic E-state index is 0.356. The first-order valence-electron chi connectivity index (χ1n) is 6.19. The highest BCUT2D eigenvalue weighted by Gasteiger charge is 2.11. The van der Waals surface area contributed by atoms with Crippen LogP contribution >= 0.6 is 34.8 Å². The van der Waals surface area contributed by atoms with Crippen LogP contribution in [0.25, 0.3) is 22.6 Å². The third-order valence-electron chi connectivity index (χ3n) is 2.95. The van der Waals surface area contributed by atoms with Gasteiger partial charge in [0.15, 0.2) is 5.82 Å². The lowest BCUT2D eigenvalue weighted by molar-refractivity contribution is 1.18. The summed E-state index contributed by atoms with van der Waals surface area (Å²) >= 11 is 18.4. The fourth-order valence-electron chi connectivity index (χ4n) is 1.97. The second-order valence-corrected chi connectivity index (χ2v) is 5.54. The van der Waals surface area contributed by atoms with Crippen molar-refractivity contribution in [2.75, 3.05) is 0 Å². The highest BCUT2D eigenvalue weighted by Crippen LogP contribution is 2.34. The van der Waals surface area contributed by atoms with Gasteiger partial charge in [0.05, 0.1) is 15.7 Å². The molecule has 0 spiro atoms. The molecular formula is C16H9Cl3N2. The lowest BCUT2D eigenvalue weighted by Gasteiger charge is -2.08. The first-order chi connectivity index (χ1) is 10.1. The average Bonchev–Trinajstić information content (AvgIpc) is 2.50. The summed E-state index contributed by atoms with van der Waals surface area (Å²) < 4.78 is 0. The molecule has 3 aromatic rings. The van der Waals surface area contributed by atoms with E-state index in [9.17, 15) is 0 Å². The van der Waals surface area contributed by atoms with Gasteiger partial charge in [0.1, 0.15) is 5.15 Å². The van der Waals surface area contributed by atoms with E-state index in [1.807, 2.05) is 42.5 Å². The largest absolute Gasteiger partial charge is 0.228 e. The first-order valence-corrected chi connectivity index (χ1v) is 7.33. The predicted molar refractivity (Wildman–Crippen MR) is 87.9 cm³/mol. The fraction of sp³-hybridized carbons (Fsp3) is 0. The predicted octanol–water partition coefficient (Wildman–Crippen LogP) is 5.77. The lowest BCUT2D eigenvalue weighted by Crippen LogP contribution is -1.93. The van der Waals surface area contributed by atoms with Crippen LogP contribution in [0, 0.1) is 0 Å². The van der Waals surface area contributed by atoms with Gasteiger partial charge in [0.25, 0.3) is 0 Å². The Kier molecular flexibility index (Phi) is 4.11. The van der Waals surface area contributed by atoms with Crippen LogP contribution in [0.15, 0.2) is 54.6 Å². The lowest BCUT2D eigenvalue weighted by atomic mass is 10.1. The van der Waals surface area contributed by atoms with Gasteiger partial charge in [0.2, 0.25) is 0 Å². The molecule has 1 heterocycles. The number of halogens is 3. The van der Waals surface area contributed by atoms with Gasteiger partial charge < -0.3 is 0 Å². The molecule has 0 saturated carbocycles. The topological polar surface area (TPSA) is 25.8 Å². The van der Waals surface area contributed by atoms with Crippen LogP contribution in [0.3, 0.4) is 0 Å². The average molecular weight is 336 g/mol. The Balaban J connectivity index is 2.17. The Morgan fingerprint density at radius 1 is 0.762 bits per heavy atom. The van der Waals surface area contributed by atoms with E-state index in [1.54, 1.807) is 12.1 Å². The van der Waals surface area contributed by atoms with Crippen molar-refractivity contribution in [2.24, 2.45) is 0 Å². The maximum absolute atomic E-state index is 6.24. The van der Waals surface area contributed by atoms with Crippen molar-refractivity contribution in [1.29, 1.82) is 0 Å². The van der Waals surface area contributed by atoms with Crippen LogP contribution in [0.5, 0.6) is 0 Å². The molecule has 0 saturated heterocycles. The van der Waals surface area contributed by atoms with Crippen LogP contribution < -0.4 is 0 Å². The Hall–Kier alpha value is -1.61. The Labute approximate surface area is 137 Å². The maximum Gasteiger partial charge on any atom is 0.161 e. The van der Waals surface area contributed by atoms with Gasteiger partial charge >= 0.3 is 0 Å². The zero-order valence-electron chi connectivity index (χ0n) is 10.7. The zero-order chi connectivity index (χ0) is 14.8. The summed E-state index contributed by atoms with van der Waals surface area (Å²) in [7, 11) is 0. The van der Waals surface area contributed by atoms with Crippen LogP contribution in [-0.2, 0) is 0 Å². The standard InChI is InChI=1S/C16H9Cl3N2/c17-12-8-4-7-11(15(12)19)13-9-14(18)21-16(20-13)10-5-2-1-3-6-10/h1-9H. The normalized spacial score (nSPS) is 10.6. The number of hydrogen-bond acceptors (Lipinski definition) is 2. The van der Waals surface area contributed by atoms with Gasteiger partial charge in [-0.05, 0) is 6.07 Å². The summed E-state index contributed by atoms with van der Waals surface area (Å²) in [6.45, 7) is 0. The number of rotatable bonds is 2. The molecule has 5 heteroatoms. The molecule has 0 atom stereocenters. The quantitative estimate of drug-likeness (QED) is 0.555. The second kappa shape index (κ2) is 6.02. The van der Waals surface area contributed by atoms with E-state index in [2.05, 4.69) is 9.97 Å². The van der Waals surface area contributed by atoms with Crippen LogP contribution in [0.2, 0.25) is 15.2 Å². The van der Waals surface area contributed by atoms with Crippen LogP contribution in [-0.4, -0.2) is 9.97 Å². The van der Waals surface area contributed by atoms with Gasteiger partial charge in [-0.3, -0.25) is 0 Å². The van der Waals surface area contributed by atoms with E-state index in [-0.39, 0.29) is 0 Å². The first kappa shape index (κ1) is 14.3. The van der Waals surface area contributed by atoms with Crippen molar-refractivity contribution in [2.45, 2.75) is 0 Å². The van der Waals surface area contributed by atoms with Gasteiger partial charge in [-0.2, -0.15) is 0 Å². The van der Waals surface area contributed by atoms with Crippen molar-refractivity contribution in [1.82, 2.24) is 9.97 Å².